The van der Waals surface area contributed by atoms with Crippen LogP contribution in [-0.4, -0.2) is 22.0 Å². The summed E-state index contributed by atoms with van der Waals surface area (Å²) >= 11 is 0. The van der Waals surface area contributed by atoms with E-state index < -0.39 is 16.9 Å². The predicted molar refractivity (Wildman–Crippen MR) is 66.3 cm³/mol. The van der Waals surface area contributed by atoms with Gasteiger partial charge < -0.3 is 16.2 Å². The number of nitro benzene ring substituents is 1. The predicted octanol–water partition coefficient (Wildman–Crippen LogP) is 1.37. The Bertz CT molecular complexity index is 462. The number of nitrogens with two attached hydrogens (primary N) is 1. The van der Waals surface area contributed by atoms with E-state index in [1.165, 1.54) is 12.1 Å². The summed E-state index contributed by atoms with van der Waals surface area (Å²) in [5.74, 6) is -0.719. The molecule has 7 heteroatoms. The van der Waals surface area contributed by atoms with E-state index in [1.54, 1.807) is 0 Å². The van der Waals surface area contributed by atoms with E-state index in [-0.39, 0.29) is 17.1 Å². The van der Waals surface area contributed by atoms with Crippen molar-refractivity contribution < 1.29 is 14.8 Å². The first kappa shape index (κ1) is 13.9. The third-order valence-corrected chi connectivity index (χ3v) is 2.37. The SMILES string of the molecule is CCC[C@@H](N)C(=O)Nc1ccc(O)cc1[N+](=O)[O-]. The van der Waals surface area contributed by atoms with Gasteiger partial charge in [-0.3, -0.25) is 14.9 Å². The molecule has 0 saturated carbocycles. The van der Waals surface area contributed by atoms with E-state index in [0.29, 0.717) is 6.42 Å². The number of anilines is 1. The number of phenols is 1. The highest BCUT2D eigenvalue weighted by Crippen LogP contribution is 2.28. The van der Waals surface area contributed by atoms with Crippen LogP contribution in [0.15, 0.2) is 18.2 Å². The fourth-order valence-corrected chi connectivity index (χ4v) is 1.44. The molecule has 0 radical (unpaired) electrons. The largest absolute Gasteiger partial charge is 0.508 e. The maximum absolute atomic E-state index is 11.6. The van der Waals surface area contributed by atoms with Crippen molar-refractivity contribution in [2.75, 3.05) is 5.32 Å². The van der Waals surface area contributed by atoms with Gasteiger partial charge in [0.1, 0.15) is 11.4 Å². The van der Waals surface area contributed by atoms with Crippen LogP contribution in [0.1, 0.15) is 19.8 Å². The Hall–Kier alpha value is -2.15. The molecule has 0 heterocycles. The van der Waals surface area contributed by atoms with Gasteiger partial charge in [-0.2, -0.15) is 0 Å². The summed E-state index contributed by atoms with van der Waals surface area (Å²) in [7, 11) is 0. The van der Waals surface area contributed by atoms with Crippen LogP contribution in [0.5, 0.6) is 5.75 Å². The number of amides is 1. The van der Waals surface area contributed by atoms with Crippen LogP contribution >= 0.6 is 0 Å². The molecule has 1 aromatic rings. The quantitative estimate of drug-likeness (QED) is 0.416. The molecular weight excluding hydrogens is 238 g/mol. The summed E-state index contributed by atoms with van der Waals surface area (Å²) < 4.78 is 0. The van der Waals surface area contributed by atoms with Gasteiger partial charge in [-0.25, -0.2) is 0 Å². The first-order chi connectivity index (χ1) is 8.45. The van der Waals surface area contributed by atoms with Crippen LogP contribution in [-0.2, 0) is 4.79 Å². The van der Waals surface area contributed by atoms with Crippen LogP contribution < -0.4 is 11.1 Å². The molecule has 0 aliphatic carbocycles. The highest BCUT2D eigenvalue weighted by molar-refractivity contribution is 5.96. The monoisotopic (exact) mass is 253 g/mol. The molecule has 1 amide bonds. The van der Waals surface area contributed by atoms with Crippen LogP contribution in [0.25, 0.3) is 0 Å². The molecule has 1 aromatic carbocycles. The number of nitrogens with one attached hydrogen (secondary N) is 1. The van der Waals surface area contributed by atoms with Gasteiger partial charge in [-0.15, -0.1) is 0 Å². The molecule has 0 saturated heterocycles. The second-order valence-corrected chi connectivity index (χ2v) is 3.84. The summed E-state index contributed by atoms with van der Waals surface area (Å²) in [6, 6.07) is 2.79. The highest BCUT2D eigenvalue weighted by atomic mass is 16.6. The molecular formula is C11H15N3O4. The molecule has 1 rings (SSSR count). The first-order valence-electron chi connectivity index (χ1n) is 5.49. The lowest BCUT2D eigenvalue weighted by atomic mass is 10.1. The summed E-state index contributed by atoms with van der Waals surface area (Å²) in [5, 5.41) is 22.3. The fraction of sp³-hybridized carbons (Fsp3) is 0.364. The number of carbonyl (C=O) groups excluding carboxylic acids is 1. The molecule has 0 unspecified atom stereocenters. The second kappa shape index (κ2) is 5.97. The molecule has 0 spiro atoms. The third-order valence-electron chi connectivity index (χ3n) is 2.37. The van der Waals surface area contributed by atoms with Crippen molar-refractivity contribution in [2.45, 2.75) is 25.8 Å². The van der Waals surface area contributed by atoms with Crippen LogP contribution in [0, 0.1) is 10.1 Å². The Morgan fingerprint density at radius 1 is 1.61 bits per heavy atom. The van der Waals surface area contributed by atoms with Gasteiger partial charge in [0, 0.05) is 0 Å². The molecule has 1 atom stereocenters. The molecule has 0 bridgehead atoms. The summed E-state index contributed by atoms with van der Waals surface area (Å²) in [6.45, 7) is 1.89. The molecule has 98 valence electrons. The van der Waals surface area contributed by atoms with E-state index in [1.807, 2.05) is 6.92 Å². The lowest BCUT2D eigenvalue weighted by Gasteiger charge is -2.11. The standard InChI is InChI=1S/C11H15N3O4/c1-2-3-8(12)11(16)13-9-5-4-7(15)6-10(9)14(17)18/h4-6,8,15H,2-3,12H2,1H3,(H,13,16)/t8-/m1/s1. The normalized spacial score (nSPS) is 11.9. The van der Waals surface area contributed by atoms with Crippen molar-refractivity contribution in [3.8, 4) is 5.75 Å². The molecule has 0 aliphatic heterocycles. The second-order valence-electron chi connectivity index (χ2n) is 3.84. The number of hydrogen-bond acceptors (Lipinski definition) is 5. The number of hydrogen-bond donors (Lipinski definition) is 3. The minimum Gasteiger partial charge on any atom is -0.508 e. The molecule has 0 fully saturated rings. The number of rotatable bonds is 5. The minimum absolute atomic E-state index is 0.0225. The van der Waals surface area contributed by atoms with Gasteiger partial charge in [0.25, 0.3) is 5.69 Å². The molecule has 0 aromatic heterocycles. The average Bonchev–Trinajstić information content (AvgIpc) is 2.31. The lowest BCUT2D eigenvalue weighted by molar-refractivity contribution is -0.384. The van der Waals surface area contributed by atoms with Crippen molar-refractivity contribution >= 4 is 17.3 Å². The third kappa shape index (κ3) is 3.42. The van der Waals surface area contributed by atoms with Gasteiger partial charge >= 0.3 is 0 Å². The van der Waals surface area contributed by atoms with Crippen molar-refractivity contribution in [1.82, 2.24) is 0 Å². The highest BCUT2D eigenvalue weighted by Gasteiger charge is 2.19. The van der Waals surface area contributed by atoms with Crippen LogP contribution in [0.3, 0.4) is 0 Å². The minimum atomic E-state index is -0.705. The van der Waals surface area contributed by atoms with Crippen LogP contribution in [0.4, 0.5) is 11.4 Å². The Morgan fingerprint density at radius 3 is 2.83 bits per heavy atom. The molecule has 7 nitrogen and oxygen atoms in total. The van der Waals surface area contributed by atoms with E-state index >= 15 is 0 Å². The van der Waals surface area contributed by atoms with Gasteiger partial charge in [0.2, 0.25) is 5.91 Å². The average molecular weight is 253 g/mol. The van der Waals surface area contributed by atoms with Crippen molar-refractivity contribution in [3.63, 3.8) is 0 Å². The summed E-state index contributed by atoms with van der Waals surface area (Å²) in [5.41, 5.74) is 5.25. The van der Waals surface area contributed by atoms with Crippen molar-refractivity contribution in [1.29, 1.82) is 0 Å². The summed E-state index contributed by atoms with van der Waals surface area (Å²) in [6.07, 6.45) is 1.24. The van der Waals surface area contributed by atoms with Gasteiger partial charge in [0.05, 0.1) is 17.0 Å². The zero-order valence-corrected chi connectivity index (χ0v) is 9.92. The van der Waals surface area contributed by atoms with Crippen molar-refractivity contribution in [2.24, 2.45) is 5.73 Å². The maximum Gasteiger partial charge on any atom is 0.296 e. The Kier molecular flexibility index (Phi) is 4.61. The summed E-state index contributed by atoms with van der Waals surface area (Å²) in [4.78, 5) is 21.7. The maximum atomic E-state index is 11.6. The topological polar surface area (TPSA) is 118 Å². The number of nitrogens with zero attached hydrogens (tertiary/aromatic N) is 1. The molecule has 18 heavy (non-hydrogen) atoms. The number of aromatic hydroxyl groups is 1. The Balaban J connectivity index is 2.90. The van der Waals surface area contributed by atoms with Gasteiger partial charge in [-0.1, -0.05) is 13.3 Å². The van der Waals surface area contributed by atoms with E-state index in [2.05, 4.69) is 5.32 Å². The Morgan fingerprint density at radius 2 is 2.28 bits per heavy atom. The van der Waals surface area contributed by atoms with Gasteiger partial charge in [-0.05, 0) is 18.6 Å². The van der Waals surface area contributed by atoms with Crippen LogP contribution in [0.2, 0.25) is 0 Å². The fourth-order valence-electron chi connectivity index (χ4n) is 1.44. The van der Waals surface area contributed by atoms with E-state index in [0.717, 1.165) is 12.5 Å². The van der Waals surface area contributed by atoms with Gasteiger partial charge in [0.15, 0.2) is 0 Å². The Labute approximate surface area is 104 Å². The molecule has 4 N–H and O–H groups in total. The van der Waals surface area contributed by atoms with E-state index in [9.17, 15) is 20.0 Å². The van der Waals surface area contributed by atoms with Crippen molar-refractivity contribution in [3.05, 3.63) is 28.3 Å². The zero-order valence-electron chi connectivity index (χ0n) is 9.92. The number of phenolic OH excluding ortho intramolecular Hbond substituents is 1. The smallest absolute Gasteiger partial charge is 0.296 e. The lowest BCUT2D eigenvalue weighted by Crippen LogP contribution is -2.35. The van der Waals surface area contributed by atoms with E-state index in [4.69, 9.17) is 5.73 Å². The number of benzene rings is 1. The molecule has 0 aliphatic rings. The number of nitro groups is 1. The number of carbonyl (C=O) groups is 1. The zero-order chi connectivity index (χ0) is 13.7. The first-order valence-corrected chi connectivity index (χ1v) is 5.49.